The summed E-state index contributed by atoms with van der Waals surface area (Å²) in [6.07, 6.45) is 1.76. The van der Waals surface area contributed by atoms with Gasteiger partial charge in [0, 0.05) is 29.9 Å². The maximum atomic E-state index is 13.4. The van der Waals surface area contributed by atoms with E-state index < -0.39 is 66.2 Å². The molecule has 5 unspecified atom stereocenters. The molecule has 3 aromatic rings. The number of aliphatic carboxylic acids is 2. The van der Waals surface area contributed by atoms with Crippen LogP contribution in [-0.4, -0.2) is 69.0 Å². The van der Waals surface area contributed by atoms with Gasteiger partial charge in [-0.15, -0.1) is 0 Å². The summed E-state index contributed by atoms with van der Waals surface area (Å²) in [6, 6.07) is 11.6. The molecule has 3 rings (SSSR count). The Kier molecular flexibility index (Phi) is 11.8. The SMILES string of the molecule is CCC(C)C(NC(=O)C(CCC(=O)O)NC(=O)C(N)Cc1c[nH]c2ccccc12)C(=O)NC(Cc1ccccc1)C(=O)O. The molecule has 0 spiro atoms. The van der Waals surface area contributed by atoms with Gasteiger partial charge in [0.15, 0.2) is 0 Å². The van der Waals surface area contributed by atoms with Crippen molar-refractivity contribution >= 4 is 40.6 Å². The largest absolute Gasteiger partial charge is 0.481 e. The molecule has 230 valence electrons. The summed E-state index contributed by atoms with van der Waals surface area (Å²) in [6.45, 7) is 3.53. The molecule has 12 heteroatoms. The molecular weight excluding hydrogens is 554 g/mol. The lowest BCUT2D eigenvalue weighted by molar-refractivity contribution is -0.142. The molecule has 1 heterocycles. The Bertz CT molecular complexity index is 1420. The minimum atomic E-state index is -1.29. The highest BCUT2D eigenvalue weighted by Crippen LogP contribution is 2.19. The number of carbonyl (C=O) groups is 5. The fourth-order valence-corrected chi connectivity index (χ4v) is 4.71. The molecule has 0 aliphatic rings. The third kappa shape index (κ3) is 9.40. The van der Waals surface area contributed by atoms with Gasteiger partial charge in [0.05, 0.1) is 6.04 Å². The lowest BCUT2D eigenvalue weighted by atomic mass is 9.96. The van der Waals surface area contributed by atoms with E-state index in [9.17, 15) is 34.2 Å². The van der Waals surface area contributed by atoms with Crippen molar-refractivity contribution in [1.82, 2.24) is 20.9 Å². The summed E-state index contributed by atoms with van der Waals surface area (Å²) in [5, 5.41) is 27.6. The third-order valence-electron chi connectivity index (χ3n) is 7.42. The van der Waals surface area contributed by atoms with Crippen molar-refractivity contribution < 1.29 is 34.2 Å². The molecule has 1 aromatic heterocycles. The van der Waals surface area contributed by atoms with Gasteiger partial charge in [-0.05, 0) is 36.0 Å². The van der Waals surface area contributed by atoms with E-state index in [4.69, 9.17) is 5.73 Å². The highest BCUT2D eigenvalue weighted by Gasteiger charge is 2.33. The Labute approximate surface area is 249 Å². The van der Waals surface area contributed by atoms with Crippen LogP contribution in [-0.2, 0) is 36.8 Å². The number of para-hydroxylation sites is 1. The van der Waals surface area contributed by atoms with Crippen LogP contribution in [0.25, 0.3) is 10.9 Å². The molecule has 0 radical (unpaired) electrons. The predicted octanol–water partition coefficient (Wildman–Crippen LogP) is 1.73. The molecule has 0 fully saturated rings. The minimum Gasteiger partial charge on any atom is -0.481 e. The van der Waals surface area contributed by atoms with E-state index in [1.807, 2.05) is 31.2 Å². The van der Waals surface area contributed by atoms with E-state index in [-0.39, 0.29) is 19.3 Å². The van der Waals surface area contributed by atoms with Crippen molar-refractivity contribution in [3.8, 4) is 0 Å². The topological polar surface area (TPSA) is 204 Å². The van der Waals surface area contributed by atoms with Crippen molar-refractivity contribution in [1.29, 1.82) is 0 Å². The molecule has 43 heavy (non-hydrogen) atoms. The fourth-order valence-electron chi connectivity index (χ4n) is 4.71. The normalized spacial score (nSPS) is 14.6. The van der Waals surface area contributed by atoms with E-state index in [2.05, 4.69) is 20.9 Å². The first-order valence-corrected chi connectivity index (χ1v) is 14.2. The van der Waals surface area contributed by atoms with Crippen LogP contribution in [0.3, 0.4) is 0 Å². The number of carbonyl (C=O) groups excluding carboxylic acids is 3. The van der Waals surface area contributed by atoms with Crippen LogP contribution in [0.15, 0.2) is 60.8 Å². The van der Waals surface area contributed by atoms with Gasteiger partial charge in [-0.2, -0.15) is 0 Å². The van der Waals surface area contributed by atoms with Gasteiger partial charge < -0.3 is 36.9 Å². The Morgan fingerprint density at radius 2 is 1.49 bits per heavy atom. The first kappa shape index (κ1) is 32.8. The Hall–Kier alpha value is -4.71. The van der Waals surface area contributed by atoms with Crippen LogP contribution >= 0.6 is 0 Å². The number of amides is 3. The third-order valence-corrected chi connectivity index (χ3v) is 7.42. The zero-order valence-electron chi connectivity index (χ0n) is 24.2. The average Bonchev–Trinajstić information content (AvgIpc) is 3.39. The van der Waals surface area contributed by atoms with Crippen LogP contribution in [0, 0.1) is 5.92 Å². The smallest absolute Gasteiger partial charge is 0.326 e. The molecule has 0 aliphatic carbocycles. The highest BCUT2D eigenvalue weighted by molar-refractivity contribution is 5.94. The number of aromatic nitrogens is 1. The molecule has 12 nitrogen and oxygen atoms in total. The van der Waals surface area contributed by atoms with Crippen molar-refractivity contribution in [2.45, 2.75) is 70.1 Å². The number of aromatic amines is 1. The first-order chi connectivity index (χ1) is 20.5. The Balaban J connectivity index is 1.72. The zero-order chi connectivity index (χ0) is 31.5. The fraction of sp³-hybridized carbons (Fsp3) is 0.387. The number of rotatable bonds is 16. The number of benzene rings is 2. The van der Waals surface area contributed by atoms with E-state index in [0.29, 0.717) is 12.0 Å². The Morgan fingerprint density at radius 1 is 0.837 bits per heavy atom. The number of fused-ring (bicyclic) bond motifs is 1. The van der Waals surface area contributed by atoms with Gasteiger partial charge in [-0.3, -0.25) is 19.2 Å². The van der Waals surface area contributed by atoms with Crippen LogP contribution in [0.2, 0.25) is 0 Å². The number of nitrogens with one attached hydrogen (secondary N) is 4. The van der Waals surface area contributed by atoms with Crippen LogP contribution in [0.5, 0.6) is 0 Å². The molecular formula is C31H39N5O7. The van der Waals surface area contributed by atoms with Crippen molar-refractivity contribution in [3.05, 3.63) is 71.9 Å². The van der Waals surface area contributed by atoms with Gasteiger partial charge in [-0.1, -0.05) is 68.8 Å². The Morgan fingerprint density at radius 3 is 2.14 bits per heavy atom. The van der Waals surface area contributed by atoms with E-state index in [1.54, 1.807) is 43.5 Å². The number of H-pyrrole nitrogens is 1. The van der Waals surface area contributed by atoms with Crippen molar-refractivity contribution in [2.75, 3.05) is 0 Å². The van der Waals surface area contributed by atoms with E-state index >= 15 is 0 Å². The maximum Gasteiger partial charge on any atom is 0.326 e. The van der Waals surface area contributed by atoms with Crippen LogP contribution in [0.4, 0.5) is 0 Å². The van der Waals surface area contributed by atoms with Crippen molar-refractivity contribution in [2.24, 2.45) is 11.7 Å². The number of hydrogen-bond donors (Lipinski definition) is 7. The number of hydrogen-bond acceptors (Lipinski definition) is 6. The second-order valence-corrected chi connectivity index (χ2v) is 10.6. The quantitative estimate of drug-likeness (QED) is 0.130. The zero-order valence-corrected chi connectivity index (χ0v) is 24.2. The van der Waals surface area contributed by atoms with Gasteiger partial charge in [-0.25, -0.2) is 4.79 Å². The molecule has 0 saturated heterocycles. The van der Waals surface area contributed by atoms with Crippen LogP contribution < -0.4 is 21.7 Å². The molecule has 0 bridgehead atoms. The molecule has 5 atom stereocenters. The maximum absolute atomic E-state index is 13.4. The summed E-state index contributed by atoms with van der Waals surface area (Å²) in [7, 11) is 0. The number of carboxylic acids is 2. The predicted molar refractivity (Wildman–Crippen MR) is 160 cm³/mol. The molecule has 8 N–H and O–H groups in total. The monoisotopic (exact) mass is 593 g/mol. The van der Waals surface area contributed by atoms with Gasteiger partial charge in [0.1, 0.15) is 18.1 Å². The van der Waals surface area contributed by atoms with Crippen LogP contribution in [0.1, 0.15) is 44.2 Å². The molecule has 0 saturated carbocycles. The second-order valence-electron chi connectivity index (χ2n) is 10.6. The van der Waals surface area contributed by atoms with E-state index in [0.717, 1.165) is 16.5 Å². The summed E-state index contributed by atoms with van der Waals surface area (Å²) in [4.78, 5) is 66.1. The summed E-state index contributed by atoms with van der Waals surface area (Å²) < 4.78 is 0. The summed E-state index contributed by atoms with van der Waals surface area (Å²) >= 11 is 0. The molecule has 3 amide bonds. The minimum absolute atomic E-state index is 0.0364. The number of nitrogens with two attached hydrogens (primary N) is 1. The van der Waals surface area contributed by atoms with E-state index in [1.165, 1.54) is 0 Å². The summed E-state index contributed by atoms with van der Waals surface area (Å²) in [5.74, 6) is -4.95. The molecule has 0 aliphatic heterocycles. The first-order valence-electron chi connectivity index (χ1n) is 14.2. The standard InChI is InChI=1S/C31H39N5O7/c1-3-18(2)27(30(41)35-25(31(42)43)15-19-9-5-4-6-10-19)36-29(40)24(13-14-26(37)38)34-28(39)22(32)16-20-17-33-23-12-8-7-11-21(20)23/h4-12,17-18,22,24-25,27,33H,3,13-16,32H2,1-2H3,(H,34,39)(H,35,41)(H,36,40)(H,37,38)(H,42,43). The molecule has 2 aromatic carbocycles. The van der Waals surface area contributed by atoms with Gasteiger partial charge in [0.2, 0.25) is 17.7 Å². The van der Waals surface area contributed by atoms with Crippen molar-refractivity contribution in [3.63, 3.8) is 0 Å². The average molecular weight is 594 g/mol. The van der Waals surface area contributed by atoms with Gasteiger partial charge >= 0.3 is 11.9 Å². The lowest BCUT2D eigenvalue weighted by Crippen LogP contribution is -2.59. The highest BCUT2D eigenvalue weighted by atomic mass is 16.4. The lowest BCUT2D eigenvalue weighted by Gasteiger charge is -2.28. The second kappa shape index (κ2) is 15.5. The summed E-state index contributed by atoms with van der Waals surface area (Å²) in [5.41, 5.74) is 8.57. The number of carboxylic acid groups (broad SMARTS) is 2. The van der Waals surface area contributed by atoms with Gasteiger partial charge in [0.25, 0.3) is 0 Å².